The van der Waals surface area contributed by atoms with Crippen molar-refractivity contribution < 1.29 is 9.53 Å². The summed E-state index contributed by atoms with van der Waals surface area (Å²) in [6, 6.07) is 8.28. The fourth-order valence-electron chi connectivity index (χ4n) is 2.98. The second kappa shape index (κ2) is 7.49. The first-order chi connectivity index (χ1) is 10.8. The minimum atomic E-state index is -1.88. The van der Waals surface area contributed by atoms with E-state index in [0.29, 0.717) is 0 Å². The van der Waals surface area contributed by atoms with E-state index in [4.69, 9.17) is 4.74 Å². The molecule has 0 atom stereocenters. The average Bonchev–Trinajstić information content (AvgIpc) is 2.48. The molecule has 0 aliphatic carbocycles. The first kappa shape index (κ1) is 18.0. The van der Waals surface area contributed by atoms with E-state index in [9.17, 15) is 4.79 Å². The van der Waals surface area contributed by atoms with Crippen LogP contribution < -0.4 is 4.57 Å². The van der Waals surface area contributed by atoms with Crippen molar-refractivity contribution in [2.45, 2.75) is 51.9 Å². The summed E-state index contributed by atoms with van der Waals surface area (Å²) in [5.74, 6) is 0. The Balaban J connectivity index is 2.16. The summed E-state index contributed by atoms with van der Waals surface area (Å²) in [7, 11) is 0.238. The Bertz CT molecular complexity index is 534. The maximum absolute atomic E-state index is 12.9. The molecule has 1 heterocycles. The third-order valence-corrected chi connectivity index (χ3v) is 6.15. The fourth-order valence-corrected chi connectivity index (χ4v) is 4.49. The van der Waals surface area contributed by atoms with Crippen molar-refractivity contribution >= 4 is 20.0 Å². The molecule has 0 saturated carbocycles. The number of anilines is 1. The van der Waals surface area contributed by atoms with Crippen LogP contribution in [0, 0.1) is 0 Å². The van der Waals surface area contributed by atoms with Crippen LogP contribution in [0.3, 0.4) is 0 Å². The van der Waals surface area contributed by atoms with Crippen LogP contribution in [0.15, 0.2) is 24.3 Å². The number of rotatable bonds is 4. The average molecular weight is 335 g/mol. The summed E-state index contributed by atoms with van der Waals surface area (Å²) >= 11 is 0. The highest BCUT2D eigenvalue weighted by Crippen LogP contribution is 2.25. The molecule has 1 aliphatic heterocycles. The maximum Gasteiger partial charge on any atom is 0.406 e. The third-order valence-electron chi connectivity index (χ3n) is 4.36. The minimum Gasteiger partial charge on any atom is -0.446 e. The topological polar surface area (TPSA) is 32.8 Å². The number of ether oxygens (including phenoxy) is 1. The van der Waals surface area contributed by atoms with Crippen LogP contribution in [0.2, 0.25) is 19.6 Å². The van der Waals surface area contributed by atoms with Crippen molar-refractivity contribution in [3.8, 4) is 0 Å². The van der Waals surface area contributed by atoms with Gasteiger partial charge in [0.25, 0.3) is 0 Å². The molecule has 1 fully saturated rings. The second-order valence-corrected chi connectivity index (χ2v) is 12.2. The largest absolute Gasteiger partial charge is 0.446 e. The van der Waals surface area contributed by atoms with Gasteiger partial charge in [0, 0.05) is 18.8 Å². The smallest absolute Gasteiger partial charge is 0.406 e. The SMILES string of the molecule is CCc1cccc(N(C(=O)OC2CCN(C)CC2)[Si](C)(C)C)c1. The van der Waals surface area contributed by atoms with Gasteiger partial charge in [0.05, 0.1) is 0 Å². The lowest BCUT2D eigenvalue weighted by molar-refractivity contribution is 0.0637. The quantitative estimate of drug-likeness (QED) is 0.777. The molecule has 0 N–H and O–H groups in total. The molecular weight excluding hydrogens is 304 g/mol. The molecule has 1 saturated heterocycles. The standard InChI is InChI=1S/C18H30N2O2Si/c1-6-15-8-7-9-16(14-15)20(23(3,4)5)18(21)22-17-10-12-19(2)13-11-17/h7-9,14,17H,6,10-13H2,1-5H3. The van der Waals surface area contributed by atoms with Crippen molar-refractivity contribution in [3.05, 3.63) is 29.8 Å². The number of carbonyl (C=O) groups excluding carboxylic acids is 1. The zero-order chi connectivity index (χ0) is 17.0. The molecule has 1 aromatic carbocycles. The zero-order valence-corrected chi connectivity index (χ0v) is 16.1. The van der Waals surface area contributed by atoms with Crippen molar-refractivity contribution in [1.82, 2.24) is 4.90 Å². The first-order valence-corrected chi connectivity index (χ1v) is 12.0. The Labute approximate surface area is 141 Å². The number of likely N-dealkylation sites (tertiary alicyclic amines) is 1. The molecule has 1 aromatic rings. The molecule has 1 amide bonds. The highest BCUT2D eigenvalue weighted by atomic mass is 28.3. The van der Waals surface area contributed by atoms with Crippen LogP contribution >= 0.6 is 0 Å². The molecular formula is C18H30N2O2Si. The second-order valence-electron chi connectivity index (χ2n) is 7.42. The van der Waals surface area contributed by atoms with E-state index in [1.54, 1.807) is 0 Å². The lowest BCUT2D eigenvalue weighted by Gasteiger charge is -2.36. The van der Waals surface area contributed by atoms with Crippen molar-refractivity contribution in [2.75, 3.05) is 24.7 Å². The summed E-state index contributed by atoms with van der Waals surface area (Å²) in [5.41, 5.74) is 2.22. The molecule has 0 radical (unpaired) electrons. The normalized spacial score (nSPS) is 17.1. The van der Waals surface area contributed by atoms with Gasteiger partial charge in [0.15, 0.2) is 8.24 Å². The Morgan fingerprint density at radius 1 is 1.30 bits per heavy atom. The van der Waals surface area contributed by atoms with Gasteiger partial charge >= 0.3 is 6.09 Å². The molecule has 5 heteroatoms. The van der Waals surface area contributed by atoms with Gasteiger partial charge in [-0.3, -0.25) is 0 Å². The molecule has 23 heavy (non-hydrogen) atoms. The number of amides is 1. The van der Waals surface area contributed by atoms with Gasteiger partial charge in [0.2, 0.25) is 0 Å². The first-order valence-electron chi connectivity index (χ1n) is 8.59. The molecule has 1 aliphatic rings. The van der Waals surface area contributed by atoms with Crippen molar-refractivity contribution in [1.29, 1.82) is 0 Å². The van der Waals surface area contributed by atoms with E-state index >= 15 is 0 Å². The van der Waals surface area contributed by atoms with Crippen molar-refractivity contribution in [2.24, 2.45) is 0 Å². The molecule has 128 valence electrons. The van der Waals surface area contributed by atoms with E-state index < -0.39 is 8.24 Å². The predicted octanol–water partition coefficient (Wildman–Crippen LogP) is 4.12. The van der Waals surface area contributed by atoms with Crippen LogP contribution in [0.5, 0.6) is 0 Å². The van der Waals surface area contributed by atoms with Gasteiger partial charge < -0.3 is 14.2 Å². The molecule has 4 nitrogen and oxygen atoms in total. The van der Waals surface area contributed by atoms with Crippen molar-refractivity contribution in [3.63, 3.8) is 0 Å². The van der Waals surface area contributed by atoms with Gasteiger partial charge in [-0.05, 0) is 44.0 Å². The van der Waals surface area contributed by atoms with Crippen LogP contribution in [-0.4, -0.2) is 45.5 Å². The van der Waals surface area contributed by atoms with Gasteiger partial charge in [-0.25, -0.2) is 4.79 Å². The van der Waals surface area contributed by atoms with E-state index in [2.05, 4.69) is 50.6 Å². The molecule has 2 rings (SSSR count). The monoisotopic (exact) mass is 334 g/mol. The molecule has 0 unspecified atom stereocenters. The number of aryl methyl sites for hydroxylation is 1. The lowest BCUT2D eigenvalue weighted by atomic mass is 10.1. The number of hydrogen-bond donors (Lipinski definition) is 0. The Kier molecular flexibility index (Phi) is 5.87. The van der Waals surface area contributed by atoms with E-state index in [1.807, 2.05) is 16.7 Å². The Hall–Kier alpha value is -1.33. The summed E-state index contributed by atoms with van der Waals surface area (Å²) in [5, 5.41) is 0. The predicted molar refractivity (Wildman–Crippen MR) is 98.6 cm³/mol. The van der Waals surface area contributed by atoms with Gasteiger partial charge in [-0.1, -0.05) is 38.7 Å². The number of nitrogens with zero attached hydrogens (tertiary/aromatic N) is 2. The van der Waals surface area contributed by atoms with Gasteiger partial charge in [0.1, 0.15) is 6.10 Å². The summed E-state index contributed by atoms with van der Waals surface area (Å²) in [4.78, 5) is 15.1. The summed E-state index contributed by atoms with van der Waals surface area (Å²) < 4.78 is 7.77. The number of carbonyl (C=O) groups is 1. The van der Waals surface area contributed by atoms with E-state index in [1.165, 1.54) is 5.56 Å². The van der Waals surface area contributed by atoms with Crippen LogP contribution in [0.1, 0.15) is 25.3 Å². The number of hydrogen-bond acceptors (Lipinski definition) is 3. The van der Waals surface area contributed by atoms with Crippen LogP contribution in [-0.2, 0) is 11.2 Å². The molecule has 0 aromatic heterocycles. The van der Waals surface area contributed by atoms with Crippen LogP contribution in [0.25, 0.3) is 0 Å². The zero-order valence-electron chi connectivity index (χ0n) is 15.1. The lowest BCUT2D eigenvalue weighted by Crippen LogP contribution is -2.51. The number of benzene rings is 1. The summed E-state index contributed by atoms with van der Waals surface area (Å²) in [6.45, 7) is 10.7. The maximum atomic E-state index is 12.9. The van der Waals surface area contributed by atoms with E-state index in [-0.39, 0.29) is 12.2 Å². The van der Waals surface area contributed by atoms with E-state index in [0.717, 1.165) is 38.0 Å². The fraction of sp³-hybridized carbons (Fsp3) is 0.611. The Morgan fingerprint density at radius 2 is 1.96 bits per heavy atom. The Morgan fingerprint density at radius 3 is 2.52 bits per heavy atom. The third kappa shape index (κ3) is 4.82. The molecule has 0 spiro atoms. The van der Waals surface area contributed by atoms with Gasteiger partial charge in [-0.15, -0.1) is 0 Å². The number of piperidine rings is 1. The van der Waals surface area contributed by atoms with Crippen LogP contribution in [0.4, 0.5) is 10.5 Å². The summed E-state index contributed by atoms with van der Waals surface area (Å²) in [6.07, 6.45) is 2.70. The van der Waals surface area contributed by atoms with Gasteiger partial charge in [-0.2, -0.15) is 0 Å². The minimum absolute atomic E-state index is 0.0481. The highest BCUT2D eigenvalue weighted by molar-refractivity contribution is 6.82. The molecule has 0 bridgehead atoms. The highest BCUT2D eigenvalue weighted by Gasteiger charge is 2.33.